The minimum Gasteiger partial charge on any atom is -0.337 e. The number of aromatic nitrogens is 2. The molecular weight excluding hydrogens is 330 g/mol. The van der Waals surface area contributed by atoms with E-state index in [0.29, 0.717) is 11.6 Å². The highest BCUT2D eigenvalue weighted by atomic mass is 79.9. The van der Waals surface area contributed by atoms with Gasteiger partial charge in [0.2, 0.25) is 0 Å². The van der Waals surface area contributed by atoms with Crippen molar-refractivity contribution in [3.05, 3.63) is 33.7 Å². The Hall–Kier alpha value is -1.36. The lowest BCUT2D eigenvalue weighted by atomic mass is 9.99. The Morgan fingerprint density at radius 3 is 2.67 bits per heavy atom. The largest absolute Gasteiger partial charge is 0.337 e. The summed E-state index contributed by atoms with van der Waals surface area (Å²) in [5, 5.41) is 0. The molecule has 1 aliphatic rings. The van der Waals surface area contributed by atoms with Crippen LogP contribution in [0.25, 0.3) is 5.65 Å². The summed E-state index contributed by atoms with van der Waals surface area (Å²) in [6.45, 7) is 7.88. The molecule has 1 amide bonds. The number of aryl methyl sites for hydroxylation is 2. The minimum atomic E-state index is 0.101. The van der Waals surface area contributed by atoms with Crippen LogP contribution < -0.4 is 0 Å². The molecule has 0 atom stereocenters. The number of carbonyl (C=O) groups is 1. The second kappa shape index (κ2) is 5.44. The molecular formula is C16H20BrN3O. The molecule has 2 aromatic rings. The van der Waals surface area contributed by atoms with Gasteiger partial charge in [-0.3, -0.25) is 9.20 Å². The van der Waals surface area contributed by atoms with E-state index in [2.05, 4.69) is 27.8 Å². The van der Waals surface area contributed by atoms with Gasteiger partial charge in [0, 0.05) is 19.3 Å². The number of carbonyl (C=O) groups excluding carboxylic acids is 1. The van der Waals surface area contributed by atoms with Gasteiger partial charge < -0.3 is 4.90 Å². The van der Waals surface area contributed by atoms with E-state index in [-0.39, 0.29) is 5.91 Å². The van der Waals surface area contributed by atoms with Gasteiger partial charge in [-0.25, -0.2) is 4.98 Å². The highest BCUT2D eigenvalue weighted by Gasteiger charge is 2.26. The Labute approximate surface area is 133 Å². The predicted octanol–water partition coefficient (Wildman–Crippen LogP) is 3.59. The van der Waals surface area contributed by atoms with Gasteiger partial charge in [-0.15, -0.1) is 0 Å². The third-order valence-corrected chi connectivity index (χ3v) is 4.84. The second-order valence-electron chi connectivity index (χ2n) is 6.08. The van der Waals surface area contributed by atoms with Gasteiger partial charge in [-0.05, 0) is 60.2 Å². The first-order valence-corrected chi connectivity index (χ1v) is 8.20. The van der Waals surface area contributed by atoms with E-state index in [1.807, 2.05) is 35.4 Å². The van der Waals surface area contributed by atoms with Crippen molar-refractivity contribution in [2.45, 2.75) is 33.6 Å². The molecule has 1 saturated heterocycles. The fraction of sp³-hybridized carbons (Fsp3) is 0.500. The first-order chi connectivity index (χ1) is 9.97. The number of amides is 1. The number of likely N-dealkylation sites (tertiary alicyclic amines) is 1. The normalized spacial score (nSPS) is 16.7. The first-order valence-electron chi connectivity index (χ1n) is 7.41. The van der Waals surface area contributed by atoms with Crippen LogP contribution in [0.2, 0.25) is 0 Å². The summed E-state index contributed by atoms with van der Waals surface area (Å²) < 4.78 is 2.85. The lowest BCUT2D eigenvalue weighted by Gasteiger charge is -2.30. The van der Waals surface area contributed by atoms with Crippen molar-refractivity contribution in [3.63, 3.8) is 0 Å². The SMILES string of the molecule is Cc1cc(Br)c2nc(C)c(C(=O)N3CCC(C)CC3)n2c1. The van der Waals surface area contributed by atoms with E-state index in [1.54, 1.807) is 0 Å². The lowest BCUT2D eigenvalue weighted by Crippen LogP contribution is -2.38. The summed E-state index contributed by atoms with van der Waals surface area (Å²) in [7, 11) is 0. The van der Waals surface area contributed by atoms with Gasteiger partial charge in [-0.1, -0.05) is 6.92 Å². The van der Waals surface area contributed by atoms with E-state index in [0.717, 1.165) is 47.3 Å². The average molecular weight is 350 g/mol. The number of hydrogen-bond donors (Lipinski definition) is 0. The molecule has 0 N–H and O–H groups in total. The molecule has 1 aliphatic heterocycles. The number of hydrogen-bond acceptors (Lipinski definition) is 2. The molecule has 0 radical (unpaired) electrons. The highest BCUT2D eigenvalue weighted by molar-refractivity contribution is 9.10. The van der Waals surface area contributed by atoms with Gasteiger partial charge in [0.1, 0.15) is 5.69 Å². The van der Waals surface area contributed by atoms with E-state index in [9.17, 15) is 4.79 Å². The zero-order valence-electron chi connectivity index (χ0n) is 12.7. The van der Waals surface area contributed by atoms with Crippen LogP contribution in [-0.2, 0) is 0 Å². The summed E-state index contributed by atoms with van der Waals surface area (Å²) >= 11 is 3.54. The molecule has 0 aliphatic carbocycles. The van der Waals surface area contributed by atoms with Crippen LogP contribution in [-0.4, -0.2) is 33.3 Å². The Morgan fingerprint density at radius 2 is 2.00 bits per heavy atom. The predicted molar refractivity (Wildman–Crippen MR) is 86.7 cm³/mol. The van der Waals surface area contributed by atoms with Crippen molar-refractivity contribution in [1.82, 2.24) is 14.3 Å². The monoisotopic (exact) mass is 349 g/mol. The third kappa shape index (κ3) is 2.59. The van der Waals surface area contributed by atoms with Crippen molar-refractivity contribution in [2.24, 2.45) is 5.92 Å². The van der Waals surface area contributed by atoms with Crippen LogP contribution in [0.4, 0.5) is 0 Å². The standard InChI is InChI=1S/C16H20BrN3O/c1-10-4-6-19(7-5-10)16(21)14-12(3)18-15-13(17)8-11(2)9-20(14)15/h8-10H,4-7H2,1-3H3. The van der Waals surface area contributed by atoms with Gasteiger partial charge in [0.25, 0.3) is 5.91 Å². The Bertz CT molecular complexity index is 699. The third-order valence-electron chi connectivity index (χ3n) is 4.26. The minimum absolute atomic E-state index is 0.101. The molecule has 3 heterocycles. The van der Waals surface area contributed by atoms with Gasteiger partial charge in [-0.2, -0.15) is 0 Å². The number of halogens is 1. The zero-order valence-corrected chi connectivity index (χ0v) is 14.3. The molecule has 21 heavy (non-hydrogen) atoms. The molecule has 0 spiro atoms. The number of nitrogens with zero attached hydrogens (tertiary/aromatic N) is 3. The summed E-state index contributed by atoms with van der Waals surface area (Å²) in [6, 6.07) is 2.03. The zero-order chi connectivity index (χ0) is 15.1. The van der Waals surface area contributed by atoms with Crippen molar-refractivity contribution in [3.8, 4) is 0 Å². The van der Waals surface area contributed by atoms with Gasteiger partial charge in [0.15, 0.2) is 5.65 Å². The fourth-order valence-electron chi connectivity index (χ4n) is 2.96. The van der Waals surface area contributed by atoms with E-state index in [4.69, 9.17) is 0 Å². The summed E-state index contributed by atoms with van der Waals surface area (Å²) in [6.07, 6.45) is 4.16. The lowest BCUT2D eigenvalue weighted by molar-refractivity contribution is 0.0689. The van der Waals surface area contributed by atoms with Crippen LogP contribution in [0, 0.1) is 19.8 Å². The van der Waals surface area contributed by atoms with Crippen LogP contribution in [0.1, 0.15) is 41.5 Å². The Morgan fingerprint density at radius 1 is 1.33 bits per heavy atom. The Balaban J connectivity index is 2.03. The number of rotatable bonds is 1. The maximum Gasteiger partial charge on any atom is 0.272 e. The topological polar surface area (TPSA) is 37.6 Å². The first kappa shape index (κ1) is 14.6. The quantitative estimate of drug-likeness (QED) is 0.788. The molecule has 5 heteroatoms. The number of pyridine rings is 1. The number of fused-ring (bicyclic) bond motifs is 1. The summed E-state index contributed by atoms with van der Waals surface area (Å²) in [5.74, 6) is 0.818. The average Bonchev–Trinajstić information content (AvgIpc) is 2.75. The number of imidazole rings is 1. The second-order valence-corrected chi connectivity index (χ2v) is 6.93. The van der Waals surface area contributed by atoms with Gasteiger partial charge in [0.05, 0.1) is 10.2 Å². The molecule has 1 fully saturated rings. The summed E-state index contributed by atoms with van der Waals surface area (Å²) in [5.41, 5.74) is 3.41. The van der Waals surface area contributed by atoms with Crippen molar-refractivity contribution >= 4 is 27.5 Å². The molecule has 112 valence electrons. The molecule has 4 nitrogen and oxygen atoms in total. The smallest absolute Gasteiger partial charge is 0.272 e. The molecule has 0 bridgehead atoms. The number of piperidine rings is 1. The molecule has 0 saturated carbocycles. The van der Waals surface area contributed by atoms with Crippen LogP contribution >= 0.6 is 15.9 Å². The molecule has 3 rings (SSSR count). The summed E-state index contributed by atoms with van der Waals surface area (Å²) in [4.78, 5) is 19.4. The van der Waals surface area contributed by atoms with Crippen molar-refractivity contribution < 1.29 is 4.79 Å². The van der Waals surface area contributed by atoms with Crippen molar-refractivity contribution in [2.75, 3.05) is 13.1 Å². The molecule has 0 unspecified atom stereocenters. The highest BCUT2D eigenvalue weighted by Crippen LogP contribution is 2.24. The maximum atomic E-state index is 12.9. The Kier molecular flexibility index (Phi) is 3.78. The maximum absolute atomic E-state index is 12.9. The van der Waals surface area contributed by atoms with Gasteiger partial charge >= 0.3 is 0 Å². The fourth-order valence-corrected chi connectivity index (χ4v) is 3.61. The van der Waals surface area contributed by atoms with Crippen molar-refractivity contribution in [1.29, 1.82) is 0 Å². The van der Waals surface area contributed by atoms with Crippen LogP contribution in [0.15, 0.2) is 16.7 Å². The van der Waals surface area contributed by atoms with Crippen LogP contribution in [0.3, 0.4) is 0 Å². The van der Waals surface area contributed by atoms with E-state index >= 15 is 0 Å². The van der Waals surface area contributed by atoms with Crippen LogP contribution in [0.5, 0.6) is 0 Å². The van der Waals surface area contributed by atoms with E-state index < -0.39 is 0 Å². The molecule has 2 aromatic heterocycles. The molecule has 0 aromatic carbocycles. The van der Waals surface area contributed by atoms with E-state index in [1.165, 1.54) is 0 Å².